The van der Waals surface area contributed by atoms with E-state index in [-0.39, 0.29) is 18.3 Å². The summed E-state index contributed by atoms with van der Waals surface area (Å²) in [7, 11) is 0. The van der Waals surface area contributed by atoms with E-state index in [1.54, 1.807) is 11.3 Å². The molecule has 0 saturated carbocycles. The fourth-order valence-electron chi connectivity index (χ4n) is 2.82. The molecule has 2 N–H and O–H groups in total. The first-order valence-corrected chi connectivity index (χ1v) is 9.32. The van der Waals surface area contributed by atoms with Crippen LogP contribution in [0.15, 0.2) is 35.7 Å². The van der Waals surface area contributed by atoms with E-state index < -0.39 is 23.4 Å². The van der Waals surface area contributed by atoms with Crippen molar-refractivity contribution in [1.82, 2.24) is 10.2 Å². The van der Waals surface area contributed by atoms with E-state index >= 15 is 0 Å². The molecule has 1 aliphatic rings. The Labute approximate surface area is 159 Å². The molecule has 27 heavy (non-hydrogen) atoms. The maximum absolute atomic E-state index is 13.6. The highest BCUT2D eigenvalue weighted by molar-refractivity contribution is 7.10. The Morgan fingerprint density at radius 1 is 1.19 bits per heavy atom. The van der Waals surface area contributed by atoms with E-state index in [4.69, 9.17) is 4.74 Å². The number of amides is 2. The smallest absolute Gasteiger partial charge is 0.313 e. The molecule has 2 amide bonds. The second-order valence-corrected chi connectivity index (χ2v) is 6.95. The summed E-state index contributed by atoms with van der Waals surface area (Å²) in [6.45, 7) is 2.91. The molecule has 0 unspecified atom stereocenters. The van der Waals surface area contributed by atoms with E-state index in [0.717, 1.165) is 30.1 Å². The summed E-state index contributed by atoms with van der Waals surface area (Å²) in [4.78, 5) is 27.4. The van der Waals surface area contributed by atoms with Crippen molar-refractivity contribution in [2.45, 2.75) is 6.04 Å². The van der Waals surface area contributed by atoms with Crippen LogP contribution in [0.5, 0.6) is 0 Å². The zero-order valence-corrected chi connectivity index (χ0v) is 15.2. The molecule has 1 atom stereocenters. The molecule has 6 nitrogen and oxygen atoms in total. The normalized spacial score (nSPS) is 15.9. The third kappa shape index (κ3) is 5.09. The minimum Gasteiger partial charge on any atom is -0.379 e. The molecule has 0 aliphatic carbocycles. The first-order valence-electron chi connectivity index (χ1n) is 8.44. The Hall–Kier alpha value is -2.36. The van der Waals surface area contributed by atoms with Crippen LogP contribution in [-0.4, -0.2) is 49.6 Å². The maximum atomic E-state index is 13.6. The molecule has 0 bridgehead atoms. The molecule has 0 radical (unpaired) electrons. The highest BCUT2D eigenvalue weighted by Gasteiger charge is 2.25. The lowest BCUT2D eigenvalue weighted by Crippen LogP contribution is -2.45. The number of benzene rings is 1. The van der Waals surface area contributed by atoms with Gasteiger partial charge in [0.25, 0.3) is 0 Å². The van der Waals surface area contributed by atoms with Gasteiger partial charge in [-0.25, -0.2) is 8.78 Å². The van der Waals surface area contributed by atoms with Gasteiger partial charge in [-0.1, -0.05) is 6.07 Å². The first-order chi connectivity index (χ1) is 13.0. The fraction of sp³-hybridized carbons (Fsp3) is 0.333. The van der Waals surface area contributed by atoms with E-state index in [1.165, 1.54) is 0 Å². The molecule has 1 aliphatic heterocycles. The van der Waals surface area contributed by atoms with Crippen LogP contribution in [0.2, 0.25) is 0 Å². The number of anilines is 1. The van der Waals surface area contributed by atoms with Crippen molar-refractivity contribution >= 4 is 28.8 Å². The maximum Gasteiger partial charge on any atom is 0.313 e. The lowest BCUT2D eigenvalue weighted by Gasteiger charge is -2.34. The minimum absolute atomic E-state index is 0.0757. The van der Waals surface area contributed by atoms with Crippen molar-refractivity contribution in [3.05, 3.63) is 52.2 Å². The Morgan fingerprint density at radius 3 is 2.63 bits per heavy atom. The SMILES string of the molecule is O=C(NC[C@H](c1cccs1)N1CCOCC1)C(=O)Nc1ccc(F)cc1F. The summed E-state index contributed by atoms with van der Waals surface area (Å²) in [6.07, 6.45) is 0. The third-order valence-corrected chi connectivity index (χ3v) is 5.17. The highest BCUT2D eigenvalue weighted by Crippen LogP contribution is 2.25. The largest absolute Gasteiger partial charge is 0.379 e. The van der Waals surface area contributed by atoms with Crippen molar-refractivity contribution in [1.29, 1.82) is 0 Å². The lowest BCUT2D eigenvalue weighted by atomic mass is 10.2. The molecule has 144 valence electrons. The van der Waals surface area contributed by atoms with Gasteiger partial charge in [-0.15, -0.1) is 11.3 Å². The van der Waals surface area contributed by atoms with Gasteiger partial charge in [0.1, 0.15) is 11.6 Å². The predicted octanol–water partition coefficient (Wildman–Crippen LogP) is 2.15. The molecule has 9 heteroatoms. The van der Waals surface area contributed by atoms with Crippen LogP contribution in [0.4, 0.5) is 14.5 Å². The number of ether oxygens (including phenoxy) is 1. The minimum atomic E-state index is -1.01. The molecular weight excluding hydrogens is 376 g/mol. The number of carbonyl (C=O) groups excluding carboxylic acids is 2. The van der Waals surface area contributed by atoms with Gasteiger partial charge in [0, 0.05) is 30.6 Å². The molecule has 1 aromatic carbocycles. The molecule has 1 fully saturated rings. The number of nitrogens with zero attached hydrogens (tertiary/aromatic N) is 1. The Kier molecular flexibility index (Phi) is 6.49. The molecule has 0 spiro atoms. The molecule has 3 rings (SSSR count). The molecule has 2 aromatic rings. The van der Waals surface area contributed by atoms with Gasteiger partial charge in [0.05, 0.1) is 24.9 Å². The molecule has 1 saturated heterocycles. The summed E-state index contributed by atoms with van der Waals surface area (Å²) < 4.78 is 31.9. The van der Waals surface area contributed by atoms with Crippen molar-refractivity contribution in [3.63, 3.8) is 0 Å². The second kappa shape index (κ2) is 9.03. The first kappa shape index (κ1) is 19.4. The summed E-state index contributed by atoms with van der Waals surface area (Å²) in [5.41, 5.74) is -0.250. The van der Waals surface area contributed by atoms with Crippen LogP contribution in [0.1, 0.15) is 10.9 Å². The lowest BCUT2D eigenvalue weighted by molar-refractivity contribution is -0.136. The number of rotatable bonds is 5. The third-order valence-electron chi connectivity index (χ3n) is 4.20. The zero-order chi connectivity index (χ0) is 19.2. The number of halogens is 2. The molecule has 2 heterocycles. The summed E-state index contributed by atoms with van der Waals surface area (Å²) in [5, 5.41) is 6.70. The van der Waals surface area contributed by atoms with Crippen molar-refractivity contribution in [2.24, 2.45) is 0 Å². The van der Waals surface area contributed by atoms with Gasteiger partial charge in [-0.3, -0.25) is 14.5 Å². The van der Waals surface area contributed by atoms with Crippen LogP contribution < -0.4 is 10.6 Å². The van der Waals surface area contributed by atoms with Crippen molar-refractivity contribution in [3.8, 4) is 0 Å². The number of carbonyl (C=O) groups is 2. The summed E-state index contributed by atoms with van der Waals surface area (Å²) in [6, 6.07) is 6.54. The van der Waals surface area contributed by atoms with Crippen LogP contribution >= 0.6 is 11.3 Å². The van der Waals surface area contributed by atoms with Crippen molar-refractivity contribution < 1.29 is 23.1 Å². The van der Waals surface area contributed by atoms with Gasteiger partial charge >= 0.3 is 11.8 Å². The highest BCUT2D eigenvalue weighted by atomic mass is 32.1. The van der Waals surface area contributed by atoms with Crippen LogP contribution in [0.25, 0.3) is 0 Å². The number of nitrogens with one attached hydrogen (secondary N) is 2. The van der Waals surface area contributed by atoms with Gasteiger partial charge in [0.15, 0.2) is 0 Å². The van der Waals surface area contributed by atoms with Gasteiger partial charge in [-0.2, -0.15) is 0 Å². The van der Waals surface area contributed by atoms with Gasteiger partial charge < -0.3 is 15.4 Å². The van der Waals surface area contributed by atoms with Crippen LogP contribution in [0.3, 0.4) is 0 Å². The number of hydrogen-bond donors (Lipinski definition) is 2. The predicted molar refractivity (Wildman–Crippen MR) is 97.4 cm³/mol. The van der Waals surface area contributed by atoms with Crippen LogP contribution in [-0.2, 0) is 14.3 Å². The average molecular weight is 395 g/mol. The van der Waals surface area contributed by atoms with Crippen molar-refractivity contribution in [2.75, 3.05) is 38.2 Å². The quantitative estimate of drug-likeness (QED) is 0.762. The number of thiophene rings is 1. The number of hydrogen-bond acceptors (Lipinski definition) is 5. The number of morpholine rings is 1. The average Bonchev–Trinajstić information content (AvgIpc) is 3.19. The topological polar surface area (TPSA) is 70.7 Å². The van der Waals surface area contributed by atoms with Gasteiger partial charge in [0.2, 0.25) is 0 Å². The Bertz CT molecular complexity index is 795. The Morgan fingerprint density at radius 2 is 1.96 bits per heavy atom. The standard InChI is InChI=1S/C18H19F2N3O3S/c19-12-3-4-14(13(20)10-12)22-18(25)17(24)21-11-15(16-2-1-9-27-16)23-5-7-26-8-6-23/h1-4,9-10,15H,5-8,11H2,(H,21,24)(H,22,25)/t15-/m1/s1. The monoisotopic (exact) mass is 395 g/mol. The molecule has 1 aromatic heterocycles. The fourth-order valence-corrected chi connectivity index (χ4v) is 3.68. The van der Waals surface area contributed by atoms with E-state index in [2.05, 4.69) is 15.5 Å². The summed E-state index contributed by atoms with van der Waals surface area (Å²) in [5.74, 6) is -3.60. The van der Waals surface area contributed by atoms with E-state index in [0.29, 0.717) is 19.3 Å². The Balaban J connectivity index is 1.60. The summed E-state index contributed by atoms with van der Waals surface area (Å²) >= 11 is 1.57. The van der Waals surface area contributed by atoms with Gasteiger partial charge in [-0.05, 0) is 23.6 Å². The van der Waals surface area contributed by atoms with E-state index in [1.807, 2.05) is 17.5 Å². The molecular formula is C18H19F2N3O3S. The second-order valence-electron chi connectivity index (χ2n) is 5.97. The van der Waals surface area contributed by atoms with E-state index in [9.17, 15) is 18.4 Å². The zero-order valence-electron chi connectivity index (χ0n) is 14.4. The van der Waals surface area contributed by atoms with Crippen LogP contribution in [0, 0.1) is 11.6 Å².